The first-order valence-corrected chi connectivity index (χ1v) is 6.42. The Kier molecular flexibility index (Phi) is 7.16. The van der Waals surface area contributed by atoms with Crippen molar-refractivity contribution in [2.24, 2.45) is 5.92 Å². The third-order valence-electron chi connectivity index (χ3n) is 3.13. The van der Waals surface area contributed by atoms with Crippen LogP contribution in [0.1, 0.15) is 12.8 Å². The molecule has 0 spiro atoms. The van der Waals surface area contributed by atoms with Crippen LogP contribution in [0.4, 0.5) is 0 Å². The van der Waals surface area contributed by atoms with Gasteiger partial charge in [-0.15, -0.1) is 0 Å². The van der Waals surface area contributed by atoms with Gasteiger partial charge in [0.15, 0.2) is 0 Å². The number of rotatable bonds is 7. The molecule has 0 unspecified atom stereocenters. The molecule has 0 aliphatic carbocycles. The van der Waals surface area contributed by atoms with E-state index < -0.39 is 0 Å². The maximum Gasteiger partial charge on any atom is 0.223 e. The number of carbonyl (C=O) groups excluding carboxylic acids is 1. The number of hydrogen-bond acceptors (Lipinski definition) is 4. The van der Waals surface area contributed by atoms with Gasteiger partial charge in [0.1, 0.15) is 0 Å². The summed E-state index contributed by atoms with van der Waals surface area (Å²) in [5.74, 6) is 0.388. The van der Waals surface area contributed by atoms with Crippen molar-refractivity contribution in [3.8, 4) is 0 Å². The Morgan fingerprint density at radius 1 is 1.29 bits per heavy atom. The molecule has 1 aliphatic rings. The van der Waals surface area contributed by atoms with E-state index in [9.17, 15) is 4.79 Å². The van der Waals surface area contributed by atoms with Gasteiger partial charge in [-0.2, -0.15) is 0 Å². The maximum atomic E-state index is 11.8. The van der Waals surface area contributed by atoms with Crippen LogP contribution in [0.3, 0.4) is 0 Å². The van der Waals surface area contributed by atoms with Crippen molar-refractivity contribution < 1.29 is 9.53 Å². The van der Waals surface area contributed by atoms with E-state index >= 15 is 0 Å². The van der Waals surface area contributed by atoms with Crippen LogP contribution in [-0.4, -0.2) is 64.3 Å². The van der Waals surface area contributed by atoms with Crippen LogP contribution in [-0.2, 0) is 9.53 Å². The maximum absolute atomic E-state index is 11.8. The molecule has 0 aromatic carbocycles. The van der Waals surface area contributed by atoms with Crippen molar-refractivity contribution in [2.75, 3.05) is 53.5 Å². The number of nitrogens with zero attached hydrogens (tertiary/aromatic N) is 1. The number of carbonyl (C=O) groups is 1. The highest BCUT2D eigenvalue weighted by Crippen LogP contribution is 2.15. The monoisotopic (exact) mass is 243 g/mol. The van der Waals surface area contributed by atoms with E-state index in [1.165, 1.54) is 0 Å². The predicted molar refractivity (Wildman–Crippen MR) is 68.0 cm³/mol. The summed E-state index contributed by atoms with van der Waals surface area (Å²) in [6.45, 7) is 4.81. The van der Waals surface area contributed by atoms with Crippen LogP contribution in [0, 0.1) is 5.92 Å². The van der Waals surface area contributed by atoms with Crippen molar-refractivity contribution in [1.82, 2.24) is 15.5 Å². The first kappa shape index (κ1) is 14.4. The number of nitrogens with one attached hydrogen (secondary N) is 2. The summed E-state index contributed by atoms with van der Waals surface area (Å²) in [5.41, 5.74) is 0. The minimum atomic E-state index is 0.190. The summed E-state index contributed by atoms with van der Waals surface area (Å²) in [7, 11) is 4.00. The van der Waals surface area contributed by atoms with Crippen molar-refractivity contribution >= 4 is 5.91 Å². The fourth-order valence-electron chi connectivity index (χ4n) is 1.94. The van der Waals surface area contributed by atoms with Crippen LogP contribution in [0.2, 0.25) is 0 Å². The van der Waals surface area contributed by atoms with Gasteiger partial charge in [-0.3, -0.25) is 4.79 Å². The smallest absolute Gasteiger partial charge is 0.223 e. The Morgan fingerprint density at radius 3 is 2.59 bits per heavy atom. The highest BCUT2D eigenvalue weighted by atomic mass is 16.5. The topological polar surface area (TPSA) is 53.6 Å². The SMILES string of the molecule is CNCCOCCNC(=O)C1CCN(C)CC1. The normalized spacial score (nSPS) is 18.2. The van der Waals surface area contributed by atoms with Crippen LogP contribution >= 0.6 is 0 Å². The minimum absolute atomic E-state index is 0.190. The van der Waals surface area contributed by atoms with Crippen LogP contribution < -0.4 is 10.6 Å². The summed E-state index contributed by atoms with van der Waals surface area (Å²) in [6, 6.07) is 0. The Bertz CT molecular complexity index is 216. The first-order chi connectivity index (χ1) is 8.24. The molecular formula is C12H25N3O2. The van der Waals surface area contributed by atoms with Crippen LogP contribution in [0.25, 0.3) is 0 Å². The van der Waals surface area contributed by atoms with E-state index in [2.05, 4.69) is 22.6 Å². The molecule has 1 amide bonds. The van der Waals surface area contributed by atoms with Gasteiger partial charge in [-0.25, -0.2) is 0 Å². The average Bonchev–Trinajstić information content (AvgIpc) is 2.34. The molecule has 1 fully saturated rings. The predicted octanol–water partition coefficient (Wildman–Crippen LogP) is -0.320. The lowest BCUT2D eigenvalue weighted by molar-refractivity contribution is -0.126. The van der Waals surface area contributed by atoms with E-state index in [1.54, 1.807) is 0 Å². The zero-order valence-electron chi connectivity index (χ0n) is 11.0. The molecule has 0 aromatic heterocycles. The Hall–Kier alpha value is -0.650. The summed E-state index contributed by atoms with van der Waals surface area (Å²) < 4.78 is 5.34. The van der Waals surface area contributed by atoms with Crippen molar-refractivity contribution in [2.45, 2.75) is 12.8 Å². The second-order valence-corrected chi connectivity index (χ2v) is 4.58. The van der Waals surface area contributed by atoms with E-state index in [4.69, 9.17) is 4.74 Å². The Balaban J connectivity index is 2.01. The highest BCUT2D eigenvalue weighted by molar-refractivity contribution is 5.78. The number of amides is 1. The molecule has 2 N–H and O–H groups in total. The number of hydrogen-bond donors (Lipinski definition) is 2. The molecule has 0 atom stereocenters. The zero-order chi connectivity index (χ0) is 12.5. The van der Waals surface area contributed by atoms with Gasteiger partial charge in [0.05, 0.1) is 13.2 Å². The number of likely N-dealkylation sites (N-methyl/N-ethyl adjacent to an activating group) is 1. The van der Waals surface area contributed by atoms with Crippen molar-refractivity contribution in [1.29, 1.82) is 0 Å². The van der Waals surface area contributed by atoms with E-state index in [-0.39, 0.29) is 11.8 Å². The van der Waals surface area contributed by atoms with Crippen LogP contribution in [0.5, 0.6) is 0 Å². The third kappa shape index (κ3) is 6.00. The first-order valence-electron chi connectivity index (χ1n) is 6.42. The molecule has 100 valence electrons. The third-order valence-corrected chi connectivity index (χ3v) is 3.13. The summed E-state index contributed by atoms with van der Waals surface area (Å²) in [4.78, 5) is 14.1. The lowest BCUT2D eigenvalue weighted by Gasteiger charge is -2.28. The van der Waals surface area contributed by atoms with Gasteiger partial charge in [0.25, 0.3) is 0 Å². The van der Waals surface area contributed by atoms with E-state index in [0.29, 0.717) is 19.8 Å². The van der Waals surface area contributed by atoms with E-state index in [1.807, 2.05) is 7.05 Å². The molecule has 1 aliphatic heterocycles. The molecular weight excluding hydrogens is 218 g/mol. The number of ether oxygens (including phenoxy) is 1. The van der Waals surface area contributed by atoms with Crippen molar-refractivity contribution in [3.05, 3.63) is 0 Å². The largest absolute Gasteiger partial charge is 0.378 e. The lowest BCUT2D eigenvalue weighted by atomic mass is 9.96. The molecule has 17 heavy (non-hydrogen) atoms. The van der Waals surface area contributed by atoms with E-state index in [0.717, 1.165) is 32.5 Å². The Morgan fingerprint density at radius 2 is 1.94 bits per heavy atom. The van der Waals surface area contributed by atoms with Crippen LogP contribution in [0.15, 0.2) is 0 Å². The minimum Gasteiger partial charge on any atom is -0.378 e. The zero-order valence-corrected chi connectivity index (χ0v) is 11.0. The molecule has 0 bridgehead atoms. The quantitative estimate of drug-likeness (QED) is 0.602. The fraction of sp³-hybridized carbons (Fsp3) is 0.917. The highest BCUT2D eigenvalue weighted by Gasteiger charge is 2.22. The Labute approximate surface area is 104 Å². The number of piperidine rings is 1. The fourth-order valence-corrected chi connectivity index (χ4v) is 1.94. The summed E-state index contributed by atoms with van der Waals surface area (Å²) >= 11 is 0. The molecule has 5 nitrogen and oxygen atoms in total. The second kappa shape index (κ2) is 8.44. The molecule has 1 heterocycles. The number of likely N-dealkylation sites (tertiary alicyclic amines) is 1. The molecule has 0 aromatic rings. The summed E-state index contributed by atoms with van der Waals surface area (Å²) in [5, 5.41) is 5.95. The molecule has 0 radical (unpaired) electrons. The van der Waals surface area contributed by atoms with Crippen molar-refractivity contribution in [3.63, 3.8) is 0 Å². The van der Waals surface area contributed by atoms with Gasteiger partial charge >= 0.3 is 0 Å². The lowest BCUT2D eigenvalue weighted by Crippen LogP contribution is -2.40. The standard InChI is InChI=1S/C12H25N3O2/c1-13-5-9-17-10-6-14-12(16)11-3-7-15(2)8-4-11/h11,13H,3-10H2,1-2H3,(H,14,16). The molecule has 0 saturated carbocycles. The molecule has 5 heteroatoms. The summed E-state index contributed by atoms with van der Waals surface area (Å²) in [6.07, 6.45) is 1.95. The average molecular weight is 243 g/mol. The van der Waals surface area contributed by atoms with Gasteiger partial charge < -0.3 is 20.3 Å². The second-order valence-electron chi connectivity index (χ2n) is 4.58. The van der Waals surface area contributed by atoms with Gasteiger partial charge in [0, 0.05) is 19.0 Å². The van der Waals surface area contributed by atoms with Gasteiger partial charge in [-0.1, -0.05) is 0 Å². The van der Waals surface area contributed by atoms with Gasteiger partial charge in [-0.05, 0) is 40.0 Å². The molecule has 1 rings (SSSR count). The molecule has 1 saturated heterocycles. The van der Waals surface area contributed by atoms with Gasteiger partial charge in [0.2, 0.25) is 5.91 Å².